The van der Waals surface area contributed by atoms with Gasteiger partial charge in [0, 0.05) is 12.1 Å². The van der Waals surface area contributed by atoms with Crippen LogP contribution in [0.4, 0.5) is 5.82 Å². The van der Waals surface area contributed by atoms with Crippen molar-refractivity contribution in [3.8, 4) is 0 Å². The highest BCUT2D eigenvalue weighted by atomic mass is 16.2. The van der Waals surface area contributed by atoms with E-state index in [4.69, 9.17) is 0 Å². The van der Waals surface area contributed by atoms with Crippen molar-refractivity contribution >= 4 is 11.7 Å². The summed E-state index contributed by atoms with van der Waals surface area (Å²) in [4.78, 5) is 17.4. The molecule has 2 aliphatic rings. The fraction of sp³-hybridized carbons (Fsp3) is 0.667. The molecule has 0 spiro atoms. The van der Waals surface area contributed by atoms with Crippen LogP contribution in [0.1, 0.15) is 44.1 Å². The van der Waals surface area contributed by atoms with E-state index in [2.05, 4.69) is 34.4 Å². The molecule has 3 rings (SSSR count). The number of H-pyrrole nitrogens is 1. The average molecular weight is 261 g/mol. The van der Waals surface area contributed by atoms with Crippen molar-refractivity contribution in [3.05, 3.63) is 17.8 Å². The first-order chi connectivity index (χ1) is 9.26. The lowest BCUT2D eigenvalue weighted by atomic mass is 9.91. The molecule has 1 aliphatic carbocycles. The van der Waals surface area contributed by atoms with Gasteiger partial charge in [-0.2, -0.15) is 0 Å². The van der Waals surface area contributed by atoms with Gasteiger partial charge in [-0.05, 0) is 62.9 Å². The summed E-state index contributed by atoms with van der Waals surface area (Å²) in [7, 11) is 0. The monoisotopic (exact) mass is 261 g/mol. The number of carbonyl (C=O) groups is 1. The lowest BCUT2D eigenvalue weighted by Crippen LogP contribution is -2.32. The fourth-order valence-electron chi connectivity index (χ4n) is 2.88. The van der Waals surface area contributed by atoms with Crippen molar-refractivity contribution in [2.24, 2.45) is 5.92 Å². The third-order valence-corrected chi connectivity index (χ3v) is 4.42. The molecule has 1 saturated heterocycles. The predicted molar refractivity (Wildman–Crippen MR) is 76.2 cm³/mol. The van der Waals surface area contributed by atoms with Crippen molar-refractivity contribution in [2.45, 2.75) is 38.5 Å². The summed E-state index contributed by atoms with van der Waals surface area (Å²) in [5.41, 5.74) is 1.35. The number of hydrogen-bond acceptors (Lipinski definition) is 2. The van der Waals surface area contributed by atoms with E-state index in [0.717, 1.165) is 25.2 Å². The van der Waals surface area contributed by atoms with E-state index in [9.17, 15) is 4.79 Å². The third-order valence-electron chi connectivity index (χ3n) is 4.42. The lowest BCUT2D eigenvalue weighted by molar-refractivity contribution is -0.117. The Hall–Kier alpha value is -1.29. The molecule has 0 radical (unpaired) electrons. The zero-order valence-electron chi connectivity index (χ0n) is 11.6. The molecule has 0 bridgehead atoms. The van der Waals surface area contributed by atoms with E-state index in [1.165, 1.54) is 31.5 Å². The number of likely N-dealkylation sites (tertiary alicyclic amines) is 1. The summed E-state index contributed by atoms with van der Waals surface area (Å²) in [6, 6.07) is 2.12. The molecule has 1 aliphatic heterocycles. The second kappa shape index (κ2) is 5.37. The summed E-state index contributed by atoms with van der Waals surface area (Å²) in [6.45, 7) is 5.76. The van der Waals surface area contributed by atoms with E-state index in [1.807, 2.05) is 0 Å². The van der Waals surface area contributed by atoms with Crippen molar-refractivity contribution in [1.29, 1.82) is 0 Å². The van der Waals surface area contributed by atoms with Gasteiger partial charge >= 0.3 is 0 Å². The molecule has 0 atom stereocenters. The van der Waals surface area contributed by atoms with Crippen LogP contribution in [0.5, 0.6) is 0 Å². The van der Waals surface area contributed by atoms with Crippen molar-refractivity contribution < 1.29 is 4.79 Å². The Kier molecular flexibility index (Phi) is 3.60. The molecule has 2 fully saturated rings. The topological polar surface area (TPSA) is 48.1 Å². The minimum Gasteiger partial charge on any atom is -0.348 e. The number of aromatic nitrogens is 1. The SMILES string of the molecule is CCN1CCC(c2c[nH]c(NC(=O)C3CC3)c2)CC1. The number of aromatic amines is 1. The third kappa shape index (κ3) is 3.00. The highest BCUT2D eigenvalue weighted by Crippen LogP contribution is 2.32. The van der Waals surface area contributed by atoms with Crippen LogP contribution in [0.2, 0.25) is 0 Å². The first-order valence-electron chi connectivity index (χ1n) is 7.47. The number of nitrogens with one attached hydrogen (secondary N) is 2. The van der Waals surface area contributed by atoms with E-state index in [0.29, 0.717) is 5.92 Å². The summed E-state index contributed by atoms with van der Waals surface area (Å²) in [5, 5.41) is 2.98. The molecule has 1 aromatic rings. The van der Waals surface area contributed by atoms with Crippen molar-refractivity contribution in [1.82, 2.24) is 9.88 Å². The predicted octanol–water partition coefficient (Wildman–Crippen LogP) is 2.56. The molecule has 0 aromatic carbocycles. The molecule has 2 heterocycles. The van der Waals surface area contributed by atoms with Crippen LogP contribution in [0.3, 0.4) is 0 Å². The highest BCUT2D eigenvalue weighted by molar-refractivity contribution is 5.93. The van der Waals surface area contributed by atoms with E-state index in [-0.39, 0.29) is 11.8 Å². The molecule has 4 nitrogen and oxygen atoms in total. The van der Waals surface area contributed by atoms with Gasteiger partial charge < -0.3 is 15.2 Å². The number of anilines is 1. The maximum atomic E-state index is 11.7. The van der Waals surface area contributed by atoms with Gasteiger partial charge in [0.2, 0.25) is 5.91 Å². The van der Waals surface area contributed by atoms with Gasteiger partial charge in [-0.25, -0.2) is 0 Å². The fourth-order valence-corrected chi connectivity index (χ4v) is 2.88. The molecule has 2 N–H and O–H groups in total. The Morgan fingerprint density at radius 2 is 2.11 bits per heavy atom. The zero-order valence-corrected chi connectivity index (χ0v) is 11.6. The zero-order chi connectivity index (χ0) is 13.2. The molecule has 1 amide bonds. The smallest absolute Gasteiger partial charge is 0.228 e. The van der Waals surface area contributed by atoms with Gasteiger partial charge in [0.15, 0.2) is 0 Å². The quantitative estimate of drug-likeness (QED) is 0.875. The maximum Gasteiger partial charge on any atom is 0.228 e. The minimum atomic E-state index is 0.175. The molecule has 1 saturated carbocycles. The number of rotatable bonds is 4. The van der Waals surface area contributed by atoms with Crippen LogP contribution in [0, 0.1) is 5.92 Å². The average Bonchev–Trinajstić information content (AvgIpc) is 3.20. The van der Waals surface area contributed by atoms with Gasteiger partial charge in [-0.3, -0.25) is 4.79 Å². The lowest BCUT2D eigenvalue weighted by Gasteiger charge is -2.30. The van der Waals surface area contributed by atoms with Gasteiger partial charge in [-0.15, -0.1) is 0 Å². The Balaban J connectivity index is 1.57. The Morgan fingerprint density at radius 1 is 1.37 bits per heavy atom. The number of hydrogen-bond donors (Lipinski definition) is 2. The van der Waals surface area contributed by atoms with E-state index in [1.54, 1.807) is 0 Å². The Bertz CT molecular complexity index is 442. The van der Waals surface area contributed by atoms with Gasteiger partial charge in [0.05, 0.1) is 0 Å². The van der Waals surface area contributed by atoms with Gasteiger partial charge in [-0.1, -0.05) is 6.92 Å². The summed E-state index contributed by atoms with van der Waals surface area (Å²) in [5.74, 6) is 1.95. The second-order valence-corrected chi connectivity index (χ2v) is 5.82. The molecule has 104 valence electrons. The number of piperidine rings is 1. The van der Waals surface area contributed by atoms with Gasteiger partial charge in [0.25, 0.3) is 0 Å². The van der Waals surface area contributed by atoms with Crippen molar-refractivity contribution in [2.75, 3.05) is 25.0 Å². The highest BCUT2D eigenvalue weighted by Gasteiger charge is 2.30. The second-order valence-electron chi connectivity index (χ2n) is 5.82. The number of carbonyl (C=O) groups excluding carboxylic acids is 1. The maximum absolute atomic E-state index is 11.7. The molecule has 19 heavy (non-hydrogen) atoms. The number of nitrogens with zero attached hydrogens (tertiary/aromatic N) is 1. The van der Waals surface area contributed by atoms with Gasteiger partial charge in [0.1, 0.15) is 5.82 Å². The van der Waals surface area contributed by atoms with Crippen LogP contribution in [-0.4, -0.2) is 35.4 Å². The van der Waals surface area contributed by atoms with E-state index >= 15 is 0 Å². The van der Waals surface area contributed by atoms with Crippen LogP contribution in [-0.2, 0) is 4.79 Å². The Morgan fingerprint density at radius 3 is 2.74 bits per heavy atom. The van der Waals surface area contributed by atoms with E-state index < -0.39 is 0 Å². The molecule has 1 aromatic heterocycles. The molecule has 4 heteroatoms. The first-order valence-corrected chi connectivity index (χ1v) is 7.47. The molecule has 0 unspecified atom stereocenters. The minimum absolute atomic E-state index is 0.175. The number of amides is 1. The Labute approximate surface area is 114 Å². The summed E-state index contributed by atoms with van der Waals surface area (Å²) in [6.07, 6.45) is 6.61. The van der Waals surface area contributed by atoms with Crippen LogP contribution < -0.4 is 5.32 Å². The normalized spacial score (nSPS) is 21.5. The first kappa shape index (κ1) is 12.7. The molecular weight excluding hydrogens is 238 g/mol. The largest absolute Gasteiger partial charge is 0.348 e. The standard InChI is InChI=1S/C15H23N3O/c1-2-18-7-5-11(6-8-18)13-9-14(16-10-13)17-15(19)12-3-4-12/h9-12,16H,2-8H2,1H3,(H,17,19). The van der Waals surface area contributed by atoms with Crippen LogP contribution in [0.15, 0.2) is 12.3 Å². The van der Waals surface area contributed by atoms with Crippen molar-refractivity contribution in [3.63, 3.8) is 0 Å². The molecular formula is C15H23N3O. The van der Waals surface area contributed by atoms with Crippen LogP contribution in [0.25, 0.3) is 0 Å². The summed E-state index contributed by atoms with van der Waals surface area (Å²) < 4.78 is 0. The van der Waals surface area contributed by atoms with Crippen LogP contribution >= 0.6 is 0 Å². The summed E-state index contributed by atoms with van der Waals surface area (Å²) >= 11 is 0.